The second kappa shape index (κ2) is 11.5. The van der Waals surface area contributed by atoms with Gasteiger partial charge in [-0.1, -0.05) is 30.5 Å². The standard InChI is InChI=1S/C18H27ClN4O2.HI/c1-23(2)17(24)12-21-18(22-14-6-4-5-7-14)20-11-13-8-9-16(25-3)15(19)10-13;/h8-10,14H,4-7,11-12H2,1-3H3,(H2,20,21,22);1H. The summed E-state index contributed by atoms with van der Waals surface area (Å²) in [5.41, 5.74) is 0.984. The van der Waals surface area contributed by atoms with Crippen molar-refractivity contribution in [2.24, 2.45) is 4.99 Å². The van der Waals surface area contributed by atoms with Gasteiger partial charge in [0.05, 0.1) is 25.2 Å². The topological polar surface area (TPSA) is 66.0 Å². The Morgan fingerprint density at radius 3 is 2.62 bits per heavy atom. The van der Waals surface area contributed by atoms with Crippen LogP contribution in [-0.4, -0.2) is 50.6 Å². The summed E-state index contributed by atoms with van der Waals surface area (Å²) in [5, 5.41) is 7.12. The Kier molecular flexibility index (Phi) is 10.1. The van der Waals surface area contributed by atoms with E-state index in [9.17, 15) is 4.79 Å². The molecule has 0 saturated heterocycles. The van der Waals surface area contributed by atoms with Gasteiger partial charge in [-0.3, -0.25) is 4.79 Å². The number of likely N-dealkylation sites (N-methyl/N-ethyl adjacent to an activating group) is 1. The molecular weight excluding hydrogens is 467 g/mol. The van der Waals surface area contributed by atoms with Gasteiger partial charge < -0.3 is 20.3 Å². The Hall–Kier alpha value is -1.22. The molecule has 0 unspecified atom stereocenters. The summed E-state index contributed by atoms with van der Waals surface area (Å²) in [5.74, 6) is 1.32. The molecule has 1 fully saturated rings. The Morgan fingerprint density at radius 2 is 2.04 bits per heavy atom. The van der Waals surface area contributed by atoms with Gasteiger partial charge in [-0.25, -0.2) is 4.99 Å². The molecule has 1 aromatic rings. The Morgan fingerprint density at radius 1 is 1.35 bits per heavy atom. The maximum absolute atomic E-state index is 11.8. The van der Waals surface area contributed by atoms with Gasteiger partial charge in [0.1, 0.15) is 5.75 Å². The zero-order valence-corrected chi connectivity index (χ0v) is 18.6. The first-order valence-electron chi connectivity index (χ1n) is 8.57. The SMILES string of the molecule is COc1ccc(CN=C(NCC(=O)N(C)C)NC2CCCC2)cc1Cl.I. The normalized spacial score (nSPS) is 14.5. The molecule has 26 heavy (non-hydrogen) atoms. The van der Waals surface area contributed by atoms with Crippen molar-refractivity contribution in [1.82, 2.24) is 15.5 Å². The van der Waals surface area contributed by atoms with E-state index in [0.717, 1.165) is 18.4 Å². The molecule has 1 aliphatic rings. The predicted molar refractivity (Wildman–Crippen MR) is 117 cm³/mol. The molecule has 0 atom stereocenters. The highest BCUT2D eigenvalue weighted by atomic mass is 127. The summed E-state index contributed by atoms with van der Waals surface area (Å²) >= 11 is 6.16. The number of nitrogens with one attached hydrogen (secondary N) is 2. The van der Waals surface area contributed by atoms with Gasteiger partial charge >= 0.3 is 0 Å². The quantitative estimate of drug-likeness (QED) is 0.362. The number of rotatable bonds is 6. The van der Waals surface area contributed by atoms with Crippen molar-refractivity contribution in [3.05, 3.63) is 28.8 Å². The summed E-state index contributed by atoms with van der Waals surface area (Å²) in [6.07, 6.45) is 4.73. The lowest BCUT2D eigenvalue weighted by Crippen LogP contribution is -2.46. The average Bonchev–Trinajstić information content (AvgIpc) is 3.10. The molecule has 146 valence electrons. The number of nitrogens with zero attached hydrogens (tertiary/aromatic N) is 2. The van der Waals surface area contributed by atoms with Crippen LogP contribution in [0, 0.1) is 0 Å². The summed E-state index contributed by atoms with van der Waals surface area (Å²) in [4.78, 5) is 18.0. The third kappa shape index (κ3) is 7.19. The number of amides is 1. The summed E-state index contributed by atoms with van der Waals surface area (Å²) in [6.45, 7) is 0.691. The highest BCUT2D eigenvalue weighted by Gasteiger charge is 2.16. The highest BCUT2D eigenvalue weighted by molar-refractivity contribution is 14.0. The lowest BCUT2D eigenvalue weighted by molar-refractivity contribution is -0.127. The van der Waals surface area contributed by atoms with E-state index < -0.39 is 0 Å². The molecule has 0 radical (unpaired) electrons. The van der Waals surface area contributed by atoms with Crippen LogP contribution in [0.25, 0.3) is 0 Å². The minimum Gasteiger partial charge on any atom is -0.495 e. The van der Waals surface area contributed by atoms with Crippen LogP contribution in [-0.2, 0) is 11.3 Å². The van der Waals surface area contributed by atoms with Crippen LogP contribution in [0.3, 0.4) is 0 Å². The predicted octanol–water partition coefficient (Wildman–Crippen LogP) is 3.03. The van der Waals surface area contributed by atoms with Crippen molar-refractivity contribution >= 4 is 47.4 Å². The van der Waals surface area contributed by atoms with Crippen molar-refractivity contribution in [3.8, 4) is 5.75 Å². The molecule has 8 heteroatoms. The zero-order chi connectivity index (χ0) is 18.2. The van der Waals surface area contributed by atoms with E-state index >= 15 is 0 Å². The Bertz CT molecular complexity index is 619. The molecule has 1 amide bonds. The summed E-state index contributed by atoms with van der Waals surface area (Å²) < 4.78 is 5.17. The van der Waals surface area contributed by atoms with Crippen LogP contribution in [0.4, 0.5) is 0 Å². The van der Waals surface area contributed by atoms with Crippen molar-refractivity contribution in [2.75, 3.05) is 27.7 Å². The maximum Gasteiger partial charge on any atom is 0.241 e. The van der Waals surface area contributed by atoms with E-state index in [-0.39, 0.29) is 36.4 Å². The van der Waals surface area contributed by atoms with Crippen LogP contribution >= 0.6 is 35.6 Å². The highest BCUT2D eigenvalue weighted by Crippen LogP contribution is 2.25. The molecule has 0 aromatic heterocycles. The van der Waals surface area contributed by atoms with E-state index in [1.807, 2.05) is 18.2 Å². The number of halogens is 2. The molecule has 1 saturated carbocycles. The van der Waals surface area contributed by atoms with Gasteiger partial charge in [0.2, 0.25) is 5.91 Å². The van der Waals surface area contributed by atoms with Gasteiger partial charge in [-0.05, 0) is 30.5 Å². The molecule has 2 N–H and O–H groups in total. The van der Waals surface area contributed by atoms with Gasteiger partial charge in [0.25, 0.3) is 0 Å². The molecule has 0 aliphatic heterocycles. The zero-order valence-electron chi connectivity index (χ0n) is 15.5. The van der Waals surface area contributed by atoms with Crippen LogP contribution in [0.5, 0.6) is 5.75 Å². The molecular formula is C18H28ClIN4O2. The van der Waals surface area contributed by atoms with Crippen LogP contribution in [0.2, 0.25) is 5.02 Å². The Labute approximate surface area is 177 Å². The lowest BCUT2D eigenvalue weighted by atomic mass is 10.2. The lowest BCUT2D eigenvalue weighted by Gasteiger charge is -2.18. The molecule has 1 aliphatic carbocycles. The molecule has 0 bridgehead atoms. The van der Waals surface area contributed by atoms with Crippen LogP contribution in [0.1, 0.15) is 31.2 Å². The fourth-order valence-corrected chi connectivity index (χ4v) is 2.99. The number of carbonyl (C=O) groups is 1. The fourth-order valence-electron chi connectivity index (χ4n) is 2.71. The number of ether oxygens (including phenoxy) is 1. The molecule has 6 nitrogen and oxygen atoms in total. The summed E-state index contributed by atoms with van der Waals surface area (Å²) in [6, 6.07) is 6.04. The number of hydrogen-bond donors (Lipinski definition) is 2. The average molecular weight is 495 g/mol. The number of guanidine groups is 1. The van der Waals surface area contributed by atoms with Crippen LogP contribution in [0.15, 0.2) is 23.2 Å². The van der Waals surface area contributed by atoms with E-state index in [4.69, 9.17) is 16.3 Å². The first-order valence-corrected chi connectivity index (χ1v) is 8.95. The van der Waals surface area contributed by atoms with E-state index in [1.165, 1.54) is 12.8 Å². The van der Waals surface area contributed by atoms with Crippen LogP contribution < -0.4 is 15.4 Å². The number of carbonyl (C=O) groups excluding carboxylic acids is 1. The van der Waals surface area contributed by atoms with E-state index in [2.05, 4.69) is 15.6 Å². The van der Waals surface area contributed by atoms with Gasteiger partial charge in [0.15, 0.2) is 5.96 Å². The minimum atomic E-state index is 0. The molecule has 0 spiro atoms. The fraction of sp³-hybridized carbons (Fsp3) is 0.556. The Balaban J connectivity index is 0.00000338. The first-order chi connectivity index (χ1) is 12.0. The van der Waals surface area contributed by atoms with Crippen molar-refractivity contribution in [3.63, 3.8) is 0 Å². The second-order valence-electron chi connectivity index (χ2n) is 6.40. The molecule has 2 rings (SSSR count). The number of hydrogen-bond acceptors (Lipinski definition) is 3. The first kappa shape index (κ1) is 22.8. The second-order valence-corrected chi connectivity index (χ2v) is 6.81. The van der Waals surface area contributed by atoms with Gasteiger partial charge in [-0.15, -0.1) is 24.0 Å². The van der Waals surface area contributed by atoms with E-state index in [1.54, 1.807) is 26.1 Å². The van der Waals surface area contributed by atoms with Gasteiger partial charge in [0, 0.05) is 20.1 Å². The summed E-state index contributed by atoms with van der Waals surface area (Å²) in [7, 11) is 5.07. The van der Waals surface area contributed by atoms with Crippen molar-refractivity contribution in [2.45, 2.75) is 38.3 Å². The van der Waals surface area contributed by atoms with Crippen molar-refractivity contribution < 1.29 is 9.53 Å². The third-order valence-corrected chi connectivity index (χ3v) is 4.53. The third-order valence-electron chi connectivity index (χ3n) is 4.24. The van der Waals surface area contributed by atoms with E-state index in [0.29, 0.717) is 29.3 Å². The van der Waals surface area contributed by atoms with Gasteiger partial charge in [-0.2, -0.15) is 0 Å². The monoisotopic (exact) mass is 494 g/mol. The number of aliphatic imine (C=N–C) groups is 1. The number of benzene rings is 1. The molecule has 0 heterocycles. The minimum absolute atomic E-state index is 0. The van der Waals surface area contributed by atoms with Crippen molar-refractivity contribution in [1.29, 1.82) is 0 Å². The number of methoxy groups -OCH3 is 1. The maximum atomic E-state index is 11.8. The largest absolute Gasteiger partial charge is 0.495 e. The molecule has 1 aromatic carbocycles. The smallest absolute Gasteiger partial charge is 0.241 e.